The summed E-state index contributed by atoms with van der Waals surface area (Å²) in [5.41, 5.74) is 0.440. The van der Waals surface area contributed by atoms with Gasteiger partial charge in [-0.3, -0.25) is 9.59 Å². The van der Waals surface area contributed by atoms with Gasteiger partial charge in [0, 0.05) is 17.7 Å². The van der Waals surface area contributed by atoms with Crippen molar-refractivity contribution in [2.45, 2.75) is 11.8 Å². The lowest BCUT2D eigenvalue weighted by molar-refractivity contribution is -0.125. The SMILES string of the molecule is O=C1C[C@]2(C(=O)Nc3cc(F)ccc32)c2cnn(-c3cccc(F)c3)c2N1. The minimum atomic E-state index is -1.30. The quantitative estimate of drug-likeness (QED) is 0.695. The Morgan fingerprint density at radius 1 is 1.00 bits per heavy atom. The number of amides is 2. The van der Waals surface area contributed by atoms with Gasteiger partial charge in [0.25, 0.3) is 0 Å². The van der Waals surface area contributed by atoms with Crippen molar-refractivity contribution in [2.24, 2.45) is 0 Å². The number of halogens is 2. The number of carbonyl (C=O) groups is 2. The topological polar surface area (TPSA) is 76.0 Å². The van der Waals surface area contributed by atoms with Gasteiger partial charge in [0.15, 0.2) is 0 Å². The van der Waals surface area contributed by atoms with E-state index in [2.05, 4.69) is 15.7 Å². The average Bonchev–Trinajstić information content (AvgIpc) is 3.15. The maximum absolute atomic E-state index is 13.6. The molecule has 0 saturated carbocycles. The number of fused-ring (bicyclic) bond motifs is 4. The van der Waals surface area contributed by atoms with Crippen molar-refractivity contribution in [2.75, 3.05) is 10.6 Å². The summed E-state index contributed by atoms with van der Waals surface area (Å²) in [7, 11) is 0. The third-order valence-corrected chi connectivity index (χ3v) is 5.04. The van der Waals surface area contributed by atoms with Crippen molar-refractivity contribution < 1.29 is 18.4 Å². The average molecular weight is 366 g/mol. The fourth-order valence-electron chi connectivity index (χ4n) is 3.88. The highest BCUT2D eigenvalue weighted by atomic mass is 19.1. The van der Waals surface area contributed by atoms with Gasteiger partial charge in [-0.25, -0.2) is 13.5 Å². The van der Waals surface area contributed by atoms with Gasteiger partial charge in [-0.2, -0.15) is 5.10 Å². The number of benzene rings is 2. The van der Waals surface area contributed by atoms with Crippen LogP contribution in [0.5, 0.6) is 0 Å². The summed E-state index contributed by atoms with van der Waals surface area (Å²) in [6.07, 6.45) is 1.36. The summed E-state index contributed by atoms with van der Waals surface area (Å²) in [5.74, 6) is -1.44. The van der Waals surface area contributed by atoms with Crippen LogP contribution in [0, 0.1) is 11.6 Å². The molecule has 2 aliphatic rings. The molecule has 1 aromatic heterocycles. The van der Waals surface area contributed by atoms with Crippen molar-refractivity contribution in [1.29, 1.82) is 0 Å². The van der Waals surface area contributed by atoms with E-state index in [0.29, 0.717) is 28.3 Å². The van der Waals surface area contributed by atoms with Crippen LogP contribution >= 0.6 is 0 Å². The lowest BCUT2D eigenvalue weighted by Gasteiger charge is -2.31. The van der Waals surface area contributed by atoms with Gasteiger partial charge in [-0.1, -0.05) is 12.1 Å². The third kappa shape index (κ3) is 2.06. The van der Waals surface area contributed by atoms with Gasteiger partial charge in [0.05, 0.1) is 11.9 Å². The van der Waals surface area contributed by atoms with E-state index in [9.17, 15) is 18.4 Å². The molecule has 0 saturated heterocycles. The van der Waals surface area contributed by atoms with Crippen molar-refractivity contribution in [1.82, 2.24) is 9.78 Å². The maximum Gasteiger partial charge on any atom is 0.240 e. The molecule has 2 aliphatic heterocycles. The van der Waals surface area contributed by atoms with Crippen LogP contribution in [0.2, 0.25) is 0 Å². The highest BCUT2D eigenvalue weighted by molar-refractivity contribution is 6.14. The number of anilines is 2. The summed E-state index contributed by atoms with van der Waals surface area (Å²) < 4.78 is 28.6. The summed E-state index contributed by atoms with van der Waals surface area (Å²) in [4.78, 5) is 25.4. The molecule has 0 fully saturated rings. The molecule has 6 nitrogen and oxygen atoms in total. The van der Waals surface area contributed by atoms with E-state index in [0.717, 1.165) is 0 Å². The Bertz CT molecular complexity index is 1140. The van der Waals surface area contributed by atoms with Gasteiger partial charge < -0.3 is 10.6 Å². The van der Waals surface area contributed by atoms with Crippen LogP contribution in [0.1, 0.15) is 17.5 Å². The highest BCUT2D eigenvalue weighted by Crippen LogP contribution is 2.50. The lowest BCUT2D eigenvalue weighted by atomic mass is 9.72. The van der Waals surface area contributed by atoms with E-state index in [-0.39, 0.29) is 12.3 Å². The minimum Gasteiger partial charge on any atom is -0.325 e. The molecule has 3 aromatic rings. The number of hydrogen-bond acceptors (Lipinski definition) is 3. The van der Waals surface area contributed by atoms with E-state index >= 15 is 0 Å². The second-order valence-electron chi connectivity index (χ2n) is 6.57. The fraction of sp³-hybridized carbons (Fsp3) is 0.105. The molecular weight excluding hydrogens is 354 g/mol. The molecule has 5 rings (SSSR count). The standard InChI is InChI=1S/C19H12F2N4O2/c20-10-2-1-3-12(6-10)25-17-14(9-22-25)19(8-16(26)24-17)13-5-4-11(21)7-15(13)23-18(19)27/h1-7,9H,8H2,(H,23,27)(H,24,26)/t19-/m1/s1. The highest BCUT2D eigenvalue weighted by Gasteiger charge is 2.54. The van der Waals surface area contributed by atoms with Crippen molar-refractivity contribution in [3.63, 3.8) is 0 Å². The molecule has 0 unspecified atom stereocenters. The number of aromatic nitrogens is 2. The zero-order chi connectivity index (χ0) is 18.8. The Kier molecular flexibility index (Phi) is 3.04. The normalized spacial score (nSPS) is 20.2. The maximum atomic E-state index is 13.6. The Morgan fingerprint density at radius 3 is 2.63 bits per heavy atom. The number of nitrogens with zero attached hydrogens (tertiary/aromatic N) is 2. The molecule has 3 heterocycles. The predicted octanol–water partition coefficient (Wildman–Crippen LogP) is 2.73. The van der Waals surface area contributed by atoms with Crippen LogP contribution in [0.4, 0.5) is 20.3 Å². The van der Waals surface area contributed by atoms with E-state index in [1.165, 1.54) is 47.3 Å². The van der Waals surface area contributed by atoms with E-state index in [1.54, 1.807) is 6.07 Å². The van der Waals surface area contributed by atoms with E-state index in [4.69, 9.17) is 0 Å². The lowest BCUT2D eigenvalue weighted by Crippen LogP contribution is -2.43. The molecule has 1 atom stereocenters. The first-order valence-electron chi connectivity index (χ1n) is 8.25. The van der Waals surface area contributed by atoms with E-state index in [1.807, 2.05) is 0 Å². The first-order valence-corrected chi connectivity index (χ1v) is 8.25. The Morgan fingerprint density at radius 2 is 1.81 bits per heavy atom. The van der Waals surface area contributed by atoms with Crippen molar-refractivity contribution >= 4 is 23.3 Å². The summed E-state index contributed by atoms with van der Waals surface area (Å²) in [5, 5.41) is 9.66. The Labute approximate surface area is 151 Å². The van der Waals surface area contributed by atoms with Crippen LogP contribution in [0.3, 0.4) is 0 Å². The van der Waals surface area contributed by atoms with Gasteiger partial charge in [-0.15, -0.1) is 0 Å². The summed E-state index contributed by atoms with van der Waals surface area (Å²) in [6.45, 7) is 0. The van der Waals surface area contributed by atoms with E-state index < -0.39 is 23.0 Å². The summed E-state index contributed by atoms with van der Waals surface area (Å²) in [6, 6.07) is 9.73. The van der Waals surface area contributed by atoms with Crippen LogP contribution in [-0.4, -0.2) is 21.6 Å². The molecule has 8 heteroatoms. The Hall–Kier alpha value is -3.55. The molecule has 2 amide bonds. The summed E-state index contributed by atoms with van der Waals surface area (Å²) >= 11 is 0. The molecule has 1 spiro atoms. The molecule has 27 heavy (non-hydrogen) atoms. The van der Waals surface area contributed by atoms with Crippen LogP contribution in [0.25, 0.3) is 5.69 Å². The van der Waals surface area contributed by atoms with Crippen molar-refractivity contribution in [3.8, 4) is 5.69 Å². The van der Waals surface area contributed by atoms with Crippen molar-refractivity contribution in [3.05, 3.63) is 71.4 Å². The van der Waals surface area contributed by atoms with Crippen LogP contribution in [0.15, 0.2) is 48.7 Å². The zero-order valence-electron chi connectivity index (χ0n) is 13.8. The predicted molar refractivity (Wildman–Crippen MR) is 92.6 cm³/mol. The first kappa shape index (κ1) is 15.7. The minimum absolute atomic E-state index is 0.126. The molecular formula is C19H12F2N4O2. The van der Waals surface area contributed by atoms with Gasteiger partial charge in [0.1, 0.15) is 22.9 Å². The number of rotatable bonds is 1. The second-order valence-corrected chi connectivity index (χ2v) is 6.57. The number of hydrogen-bond donors (Lipinski definition) is 2. The van der Waals surface area contributed by atoms with Gasteiger partial charge >= 0.3 is 0 Å². The molecule has 2 aromatic carbocycles. The van der Waals surface area contributed by atoms with Gasteiger partial charge in [-0.05, 0) is 35.9 Å². The zero-order valence-corrected chi connectivity index (χ0v) is 13.8. The third-order valence-electron chi connectivity index (χ3n) is 5.04. The molecule has 0 radical (unpaired) electrons. The molecule has 0 aliphatic carbocycles. The monoisotopic (exact) mass is 366 g/mol. The number of nitrogens with one attached hydrogen (secondary N) is 2. The molecule has 134 valence electrons. The Balaban J connectivity index is 1.76. The molecule has 0 bridgehead atoms. The first-order chi connectivity index (χ1) is 13.0. The van der Waals surface area contributed by atoms with Crippen LogP contribution < -0.4 is 10.6 Å². The fourth-order valence-corrected chi connectivity index (χ4v) is 3.88. The number of carbonyl (C=O) groups excluding carboxylic acids is 2. The van der Waals surface area contributed by atoms with Gasteiger partial charge in [0.2, 0.25) is 11.8 Å². The van der Waals surface area contributed by atoms with Crippen LogP contribution in [-0.2, 0) is 15.0 Å². The second kappa shape index (κ2) is 5.23. The smallest absolute Gasteiger partial charge is 0.240 e. The molecule has 2 N–H and O–H groups in total. The largest absolute Gasteiger partial charge is 0.325 e.